The first kappa shape index (κ1) is 24.8. The Hall–Kier alpha value is -3.35. The van der Waals surface area contributed by atoms with Gasteiger partial charge in [-0.05, 0) is 54.9 Å². The number of hydrogen-bond donors (Lipinski definition) is 3. The molecule has 0 saturated heterocycles. The molecule has 7 heteroatoms. The molecule has 4 rings (SSSR count). The lowest BCUT2D eigenvalue weighted by atomic mass is 9.78. The lowest BCUT2D eigenvalue weighted by Crippen LogP contribution is -2.45. The smallest absolute Gasteiger partial charge is 0.407 e. The summed E-state index contributed by atoms with van der Waals surface area (Å²) in [6.07, 6.45) is 3.03. The van der Waals surface area contributed by atoms with Gasteiger partial charge in [-0.25, -0.2) is 4.79 Å². The molecule has 3 N–H and O–H groups in total. The summed E-state index contributed by atoms with van der Waals surface area (Å²) >= 11 is 0. The van der Waals surface area contributed by atoms with Gasteiger partial charge in [0, 0.05) is 24.9 Å². The van der Waals surface area contributed by atoms with Gasteiger partial charge in [0.15, 0.2) is 0 Å². The van der Waals surface area contributed by atoms with E-state index in [1.807, 2.05) is 24.3 Å². The van der Waals surface area contributed by atoms with Gasteiger partial charge in [-0.2, -0.15) is 0 Å². The quantitative estimate of drug-likeness (QED) is 0.516. The van der Waals surface area contributed by atoms with Crippen molar-refractivity contribution in [1.29, 1.82) is 0 Å². The van der Waals surface area contributed by atoms with E-state index in [1.54, 1.807) is 13.8 Å². The van der Waals surface area contributed by atoms with Crippen molar-refractivity contribution in [2.45, 2.75) is 45.4 Å². The molecule has 7 nitrogen and oxygen atoms in total. The second kappa shape index (κ2) is 10.5. The number of benzene rings is 2. The first-order chi connectivity index (χ1) is 16.8. The number of carboxylic acid groups (broad SMARTS) is 1. The third-order valence-corrected chi connectivity index (χ3v) is 7.38. The summed E-state index contributed by atoms with van der Waals surface area (Å²) in [6.45, 7) is 3.86. The van der Waals surface area contributed by atoms with Crippen molar-refractivity contribution in [2.24, 2.45) is 17.3 Å². The van der Waals surface area contributed by atoms with Crippen molar-refractivity contribution in [3.05, 3.63) is 59.7 Å². The predicted molar refractivity (Wildman–Crippen MR) is 133 cm³/mol. The number of carbonyl (C=O) groups excluding carboxylic acids is 2. The molecule has 0 unspecified atom stereocenters. The van der Waals surface area contributed by atoms with E-state index in [1.165, 1.54) is 11.1 Å². The van der Waals surface area contributed by atoms with E-state index in [0.29, 0.717) is 6.54 Å². The van der Waals surface area contributed by atoms with E-state index in [0.717, 1.165) is 36.8 Å². The first-order valence-corrected chi connectivity index (χ1v) is 12.4. The molecule has 2 atom stereocenters. The van der Waals surface area contributed by atoms with E-state index in [2.05, 4.69) is 34.9 Å². The van der Waals surface area contributed by atoms with Crippen LogP contribution in [-0.4, -0.2) is 42.8 Å². The Kier molecular flexibility index (Phi) is 7.43. The number of ether oxygens (including phenoxy) is 1. The SMILES string of the molecule is CC(C)(CNC(=O)[C@H]1CCCC[C@H]1CNC(=O)OCC1c2ccccc2-c2ccccc21)C(=O)O. The summed E-state index contributed by atoms with van der Waals surface area (Å²) < 4.78 is 5.63. The number of nitrogens with one attached hydrogen (secondary N) is 2. The number of carboxylic acids is 1. The molecule has 0 bridgehead atoms. The monoisotopic (exact) mass is 478 g/mol. The van der Waals surface area contributed by atoms with Crippen LogP contribution in [0.3, 0.4) is 0 Å². The molecule has 0 spiro atoms. The minimum Gasteiger partial charge on any atom is -0.481 e. The van der Waals surface area contributed by atoms with E-state index in [9.17, 15) is 19.5 Å². The van der Waals surface area contributed by atoms with Gasteiger partial charge in [-0.15, -0.1) is 0 Å². The minimum absolute atomic E-state index is 0.000976. The number of fused-ring (bicyclic) bond motifs is 3. The molecular weight excluding hydrogens is 444 g/mol. The summed E-state index contributed by atoms with van der Waals surface area (Å²) in [7, 11) is 0. The van der Waals surface area contributed by atoms with E-state index in [4.69, 9.17) is 4.74 Å². The number of aliphatic carboxylic acids is 1. The van der Waals surface area contributed by atoms with Gasteiger partial charge in [0.2, 0.25) is 5.91 Å². The lowest BCUT2D eigenvalue weighted by Gasteiger charge is -2.31. The number of carbonyl (C=O) groups is 3. The number of hydrogen-bond acceptors (Lipinski definition) is 4. The Bertz CT molecular complexity index is 1050. The summed E-state index contributed by atoms with van der Waals surface area (Å²) in [4.78, 5) is 36.7. The topological polar surface area (TPSA) is 105 Å². The summed E-state index contributed by atoms with van der Waals surface area (Å²) in [5.74, 6) is -1.34. The van der Waals surface area contributed by atoms with E-state index < -0.39 is 17.5 Å². The number of rotatable bonds is 8. The van der Waals surface area contributed by atoms with Gasteiger partial charge in [0.1, 0.15) is 6.61 Å². The Balaban J connectivity index is 1.31. The highest BCUT2D eigenvalue weighted by Crippen LogP contribution is 2.44. The van der Waals surface area contributed by atoms with Crippen molar-refractivity contribution >= 4 is 18.0 Å². The van der Waals surface area contributed by atoms with Gasteiger partial charge in [0.05, 0.1) is 5.41 Å². The fourth-order valence-corrected chi connectivity index (χ4v) is 5.18. The zero-order chi connectivity index (χ0) is 25.0. The molecule has 0 aliphatic heterocycles. The number of alkyl carbamates (subject to hydrolysis) is 1. The molecule has 2 aromatic rings. The summed E-state index contributed by atoms with van der Waals surface area (Å²) in [6, 6.07) is 16.4. The maximum atomic E-state index is 12.8. The van der Waals surface area contributed by atoms with E-state index in [-0.39, 0.29) is 36.8 Å². The highest BCUT2D eigenvalue weighted by atomic mass is 16.5. The summed E-state index contributed by atoms with van der Waals surface area (Å²) in [5.41, 5.74) is 3.65. The normalized spacial score (nSPS) is 19.4. The number of amides is 2. The van der Waals surface area contributed by atoms with Crippen molar-refractivity contribution in [3.63, 3.8) is 0 Å². The standard InChI is InChI=1S/C28H34N2O5/c1-28(2,26(32)33)17-30-25(31)19-10-4-3-9-18(19)15-29-27(34)35-16-24-22-13-7-5-11-20(22)21-12-6-8-14-23(21)24/h5-8,11-14,18-19,24H,3-4,9-10,15-17H2,1-2H3,(H,29,34)(H,30,31)(H,32,33)/t18-,19-/m0/s1. The van der Waals surface area contributed by atoms with Crippen LogP contribution in [0, 0.1) is 17.3 Å². The van der Waals surface area contributed by atoms with Gasteiger partial charge in [-0.3, -0.25) is 9.59 Å². The maximum absolute atomic E-state index is 12.8. The second-order valence-corrected chi connectivity index (χ2v) is 10.3. The molecule has 35 heavy (non-hydrogen) atoms. The van der Waals surface area contributed by atoms with Crippen LogP contribution < -0.4 is 10.6 Å². The Morgan fingerprint density at radius 1 is 0.943 bits per heavy atom. The fraction of sp³-hybridized carbons (Fsp3) is 0.464. The average Bonchev–Trinajstić information content (AvgIpc) is 3.18. The van der Waals surface area contributed by atoms with Crippen LogP contribution in [0.2, 0.25) is 0 Å². The molecule has 2 aliphatic carbocycles. The molecule has 0 aromatic heterocycles. The zero-order valence-electron chi connectivity index (χ0n) is 20.4. The Labute approximate surface area is 206 Å². The highest BCUT2D eigenvalue weighted by Gasteiger charge is 2.34. The fourth-order valence-electron chi connectivity index (χ4n) is 5.18. The molecule has 186 valence electrons. The Morgan fingerprint density at radius 2 is 1.54 bits per heavy atom. The third-order valence-electron chi connectivity index (χ3n) is 7.38. The predicted octanol–water partition coefficient (Wildman–Crippen LogP) is 4.56. The summed E-state index contributed by atoms with van der Waals surface area (Å²) in [5, 5.41) is 15.0. The van der Waals surface area contributed by atoms with Gasteiger partial charge in [0.25, 0.3) is 0 Å². The van der Waals surface area contributed by atoms with Crippen molar-refractivity contribution < 1.29 is 24.2 Å². The van der Waals surface area contributed by atoms with Crippen LogP contribution in [0.15, 0.2) is 48.5 Å². The van der Waals surface area contributed by atoms with Crippen LogP contribution in [0.5, 0.6) is 0 Å². The van der Waals surface area contributed by atoms with Crippen LogP contribution in [0.25, 0.3) is 11.1 Å². The average molecular weight is 479 g/mol. The Morgan fingerprint density at radius 3 is 2.17 bits per heavy atom. The second-order valence-electron chi connectivity index (χ2n) is 10.3. The molecule has 2 amide bonds. The van der Waals surface area contributed by atoms with Gasteiger partial charge >= 0.3 is 12.1 Å². The minimum atomic E-state index is -1.03. The van der Waals surface area contributed by atoms with Crippen molar-refractivity contribution in [3.8, 4) is 11.1 Å². The zero-order valence-corrected chi connectivity index (χ0v) is 20.4. The molecule has 1 fully saturated rings. The van der Waals surface area contributed by atoms with E-state index >= 15 is 0 Å². The van der Waals surface area contributed by atoms with Crippen LogP contribution in [-0.2, 0) is 14.3 Å². The van der Waals surface area contributed by atoms with Crippen LogP contribution >= 0.6 is 0 Å². The molecular formula is C28H34N2O5. The maximum Gasteiger partial charge on any atom is 0.407 e. The van der Waals surface area contributed by atoms with Crippen LogP contribution in [0.1, 0.15) is 56.6 Å². The van der Waals surface area contributed by atoms with Gasteiger partial charge in [-0.1, -0.05) is 61.4 Å². The molecule has 0 heterocycles. The first-order valence-electron chi connectivity index (χ1n) is 12.4. The van der Waals surface area contributed by atoms with Crippen LogP contribution in [0.4, 0.5) is 4.79 Å². The third kappa shape index (κ3) is 5.50. The lowest BCUT2D eigenvalue weighted by molar-refractivity contribution is -0.147. The molecule has 1 saturated carbocycles. The molecule has 0 radical (unpaired) electrons. The molecule has 2 aliphatic rings. The highest BCUT2D eigenvalue weighted by molar-refractivity contribution is 5.81. The largest absolute Gasteiger partial charge is 0.481 e. The van der Waals surface area contributed by atoms with Crippen molar-refractivity contribution in [2.75, 3.05) is 19.7 Å². The van der Waals surface area contributed by atoms with Gasteiger partial charge < -0.3 is 20.5 Å². The van der Waals surface area contributed by atoms with Crippen molar-refractivity contribution in [1.82, 2.24) is 10.6 Å². The molecule has 2 aromatic carbocycles.